The average molecular weight is 284 g/mol. The Labute approximate surface area is 116 Å². The summed E-state index contributed by atoms with van der Waals surface area (Å²) < 4.78 is 31.8. The van der Waals surface area contributed by atoms with Crippen molar-refractivity contribution < 1.29 is 18.3 Å². The molecule has 0 aromatic heterocycles. The zero-order chi connectivity index (χ0) is 14.5. The fraction of sp³-hybridized carbons (Fsp3) is 0.500. The number of benzene rings is 1. The summed E-state index contributed by atoms with van der Waals surface area (Å²) in [5, 5.41) is 6.16. The number of anilines is 1. The number of methoxy groups -OCH3 is 1. The average Bonchev–Trinajstić information content (AvgIpc) is 3.26. The molecule has 1 fully saturated rings. The van der Waals surface area contributed by atoms with Crippen molar-refractivity contribution in [1.29, 1.82) is 0 Å². The molecule has 4 nitrogen and oxygen atoms in total. The monoisotopic (exact) mass is 284 g/mol. The highest BCUT2D eigenvalue weighted by atomic mass is 19.2. The number of esters is 1. The Bertz CT molecular complexity index is 490. The van der Waals surface area contributed by atoms with Crippen LogP contribution in [0.5, 0.6) is 0 Å². The lowest BCUT2D eigenvalue weighted by Gasteiger charge is -2.10. The lowest BCUT2D eigenvalue weighted by atomic mass is 10.1. The first-order valence-electron chi connectivity index (χ1n) is 6.67. The molecule has 0 bridgehead atoms. The molecule has 20 heavy (non-hydrogen) atoms. The third kappa shape index (κ3) is 3.66. The van der Waals surface area contributed by atoms with Crippen molar-refractivity contribution in [2.45, 2.75) is 25.3 Å². The molecule has 1 aliphatic rings. The molecule has 0 saturated heterocycles. The minimum Gasteiger partial charge on any atom is -0.465 e. The molecule has 0 spiro atoms. The number of ether oxygens (including phenoxy) is 1. The van der Waals surface area contributed by atoms with Crippen molar-refractivity contribution in [2.75, 3.05) is 25.5 Å². The Morgan fingerprint density at radius 3 is 2.70 bits per heavy atom. The van der Waals surface area contributed by atoms with Crippen molar-refractivity contribution in [1.82, 2.24) is 5.32 Å². The number of carbonyl (C=O) groups is 1. The third-order valence-corrected chi connectivity index (χ3v) is 3.17. The minimum absolute atomic E-state index is 0.0570. The third-order valence-electron chi connectivity index (χ3n) is 3.17. The van der Waals surface area contributed by atoms with E-state index in [0.29, 0.717) is 12.6 Å². The predicted octanol–water partition coefficient (Wildman–Crippen LogP) is 2.31. The maximum Gasteiger partial charge on any atom is 0.340 e. The topological polar surface area (TPSA) is 50.4 Å². The smallest absolute Gasteiger partial charge is 0.340 e. The molecule has 0 heterocycles. The summed E-state index contributed by atoms with van der Waals surface area (Å²) in [6.07, 6.45) is 3.26. The minimum atomic E-state index is -1.18. The van der Waals surface area contributed by atoms with E-state index in [2.05, 4.69) is 15.4 Å². The van der Waals surface area contributed by atoms with Crippen LogP contribution in [0.25, 0.3) is 0 Å². The van der Waals surface area contributed by atoms with Gasteiger partial charge in [0.05, 0.1) is 18.4 Å². The zero-order valence-corrected chi connectivity index (χ0v) is 11.3. The van der Waals surface area contributed by atoms with Gasteiger partial charge in [0.25, 0.3) is 0 Å². The van der Waals surface area contributed by atoms with E-state index in [9.17, 15) is 13.6 Å². The van der Waals surface area contributed by atoms with Crippen LogP contribution in [-0.2, 0) is 4.74 Å². The molecular formula is C14H18F2N2O2. The van der Waals surface area contributed by atoms with Crippen LogP contribution in [0, 0.1) is 11.6 Å². The van der Waals surface area contributed by atoms with Gasteiger partial charge in [-0.1, -0.05) is 0 Å². The highest BCUT2D eigenvalue weighted by molar-refractivity contribution is 5.90. The number of hydrogen-bond donors (Lipinski definition) is 2. The first-order valence-corrected chi connectivity index (χ1v) is 6.67. The highest BCUT2D eigenvalue weighted by Gasteiger charge is 2.20. The Morgan fingerprint density at radius 1 is 1.30 bits per heavy atom. The summed E-state index contributed by atoms with van der Waals surface area (Å²) in [5.74, 6) is -3.12. The molecule has 1 aliphatic carbocycles. The number of rotatable bonds is 7. The van der Waals surface area contributed by atoms with E-state index in [4.69, 9.17) is 0 Å². The molecule has 0 radical (unpaired) electrons. The molecule has 0 unspecified atom stereocenters. The lowest BCUT2D eigenvalue weighted by Crippen LogP contribution is -2.20. The van der Waals surface area contributed by atoms with Gasteiger partial charge in [-0.15, -0.1) is 0 Å². The van der Waals surface area contributed by atoms with E-state index >= 15 is 0 Å². The lowest BCUT2D eigenvalue weighted by molar-refractivity contribution is 0.0594. The highest BCUT2D eigenvalue weighted by Crippen LogP contribution is 2.21. The van der Waals surface area contributed by atoms with Crippen molar-refractivity contribution in [2.24, 2.45) is 0 Å². The van der Waals surface area contributed by atoms with Crippen LogP contribution >= 0.6 is 0 Å². The summed E-state index contributed by atoms with van der Waals surface area (Å²) >= 11 is 0. The van der Waals surface area contributed by atoms with Gasteiger partial charge in [0.2, 0.25) is 0 Å². The van der Waals surface area contributed by atoms with E-state index in [1.54, 1.807) is 0 Å². The van der Waals surface area contributed by atoms with E-state index in [-0.39, 0.29) is 5.69 Å². The van der Waals surface area contributed by atoms with Crippen LogP contribution in [0.4, 0.5) is 14.5 Å². The maximum atomic E-state index is 13.7. The second-order valence-electron chi connectivity index (χ2n) is 4.79. The Balaban J connectivity index is 1.87. The summed E-state index contributed by atoms with van der Waals surface area (Å²) in [5.41, 5.74) is -0.340. The van der Waals surface area contributed by atoms with Crippen LogP contribution in [0.1, 0.15) is 29.6 Å². The molecule has 0 atom stereocenters. The molecule has 6 heteroatoms. The van der Waals surface area contributed by atoms with Gasteiger partial charge in [-0.25, -0.2) is 13.6 Å². The first-order chi connectivity index (χ1) is 9.63. The van der Waals surface area contributed by atoms with Crippen molar-refractivity contribution in [3.63, 3.8) is 0 Å². The largest absolute Gasteiger partial charge is 0.465 e. The number of halogens is 2. The fourth-order valence-corrected chi connectivity index (χ4v) is 1.86. The van der Waals surface area contributed by atoms with Gasteiger partial charge in [-0.3, -0.25) is 0 Å². The van der Waals surface area contributed by atoms with Crippen LogP contribution in [-0.4, -0.2) is 32.2 Å². The molecule has 1 saturated carbocycles. The quantitative estimate of drug-likeness (QED) is 0.596. The van der Waals surface area contributed by atoms with Gasteiger partial charge in [-0.2, -0.15) is 0 Å². The Hall–Kier alpha value is -1.69. The van der Waals surface area contributed by atoms with Gasteiger partial charge in [0.15, 0.2) is 11.6 Å². The van der Waals surface area contributed by atoms with Gasteiger partial charge in [-0.05, 0) is 37.9 Å². The van der Waals surface area contributed by atoms with E-state index in [0.717, 1.165) is 20.1 Å². The van der Waals surface area contributed by atoms with Crippen LogP contribution in [0.15, 0.2) is 12.1 Å². The van der Waals surface area contributed by atoms with Gasteiger partial charge in [0, 0.05) is 12.6 Å². The summed E-state index contributed by atoms with van der Waals surface area (Å²) in [6.45, 7) is 1.38. The fourth-order valence-electron chi connectivity index (χ4n) is 1.86. The van der Waals surface area contributed by atoms with Gasteiger partial charge >= 0.3 is 5.97 Å². The molecule has 2 rings (SSSR count). The summed E-state index contributed by atoms with van der Waals surface area (Å²) in [4.78, 5) is 11.2. The maximum absolute atomic E-state index is 13.7. The van der Waals surface area contributed by atoms with Crippen molar-refractivity contribution in [3.8, 4) is 0 Å². The zero-order valence-electron chi connectivity index (χ0n) is 11.3. The number of nitrogens with one attached hydrogen (secondary N) is 2. The molecule has 0 amide bonds. The Kier molecular flexibility index (Phi) is 4.89. The van der Waals surface area contributed by atoms with Gasteiger partial charge in [0.1, 0.15) is 0 Å². The standard InChI is InChI=1S/C14H18F2N2O2/c1-20-14(19)10-5-6-11(13(16)12(10)15)18-8-2-7-17-9-3-4-9/h5-6,9,17-18H,2-4,7-8H2,1H3. The summed E-state index contributed by atoms with van der Waals surface area (Å²) in [6, 6.07) is 3.21. The Morgan fingerprint density at radius 2 is 2.05 bits per heavy atom. The van der Waals surface area contributed by atoms with Crippen LogP contribution < -0.4 is 10.6 Å². The first kappa shape index (κ1) is 14.7. The number of hydrogen-bond acceptors (Lipinski definition) is 4. The molecule has 2 N–H and O–H groups in total. The molecule has 110 valence electrons. The SMILES string of the molecule is COC(=O)c1ccc(NCCCNC2CC2)c(F)c1F. The van der Waals surface area contributed by atoms with E-state index in [1.165, 1.54) is 25.0 Å². The van der Waals surface area contributed by atoms with E-state index in [1.807, 2.05) is 0 Å². The molecule has 0 aliphatic heterocycles. The second kappa shape index (κ2) is 6.65. The van der Waals surface area contributed by atoms with E-state index < -0.39 is 23.2 Å². The number of carbonyl (C=O) groups excluding carboxylic acids is 1. The normalized spacial score (nSPS) is 14.2. The molecule has 1 aromatic rings. The second-order valence-corrected chi connectivity index (χ2v) is 4.79. The van der Waals surface area contributed by atoms with Gasteiger partial charge < -0.3 is 15.4 Å². The van der Waals surface area contributed by atoms with Crippen LogP contribution in [0.2, 0.25) is 0 Å². The van der Waals surface area contributed by atoms with Crippen LogP contribution in [0.3, 0.4) is 0 Å². The van der Waals surface area contributed by atoms with Crippen molar-refractivity contribution >= 4 is 11.7 Å². The predicted molar refractivity (Wildman–Crippen MR) is 71.8 cm³/mol. The molecule has 1 aromatic carbocycles. The summed E-state index contributed by atoms with van der Waals surface area (Å²) in [7, 11) is 1.12. The van der Waals surface area contributed by atoms with Crippen molar-refractivity contribution in [3.05, 3.63) is 29.3 Å². The molecular weight excluding hydrogens is 266 g/mol.